The molecule has 0 bridgehead atoms. The maximum atomic E-state index is 11.6. The maximum absolute atomic E-state index is 11.6. The molecule has 2 aromatic rings. The number of carbonyl (C=O) groups is 2. The summed E-state index contributed by atoms with van der Waals surface area (Å²) in [5, 5.41) is 23.2. The van der Waals surface area contributed by atoms with E-state index in [1.54, 1.807) is 13.8 Å². The predicted molar refractivity (Wildman–Crippen MR) is 196 cm³/mol. The molecule has 0 amide bonds. The van der Waals surface area contributed by atoms with Crippen LogP contribution < -0.4 is 10.2 Å². The molecule has 0 fully saturated rings. The third-order valence-electron chi connectivity index (χ3n) is 9.78. The fourth-order valence-corrected chi connectivity index (χ4v) is 6.27. The van der Waals surface area contributed by atoms with E-state index < -0.39 is 22.8 Å². The summed E-state index contributed by atoms with van der Waals surface area (Å²) in [6.07, 6.45) is 26.6. The van der Waals surface area contributed by atoms with Crippen molar-refractivity contribution in [1.82, 2.24) is 0 Å². The van der Waals surface area contributed by atoms with E-state index in [0.717, 1.165) is 36.8 Å². The Kier molecular flexibility index (Phi) is 26.9. The second-order valence-electron chi connectivity index (χ2n) is 13.8. The van der Waals surface area contributed by atoms with Gasteiger partial charge in [-0.25, -0.2) is 0 Å². The van der Waals surface area contributed by atoms with Crippen LogP contribution in [0.25, 0.3) is 0 Å². The first kappa shape index (κ1) is 45.1. The number of hydrogen-bond donors (Lipinski definition) is 0. The van der Waals surface area contributed by atoms with Gasteiger partial charge in [-0.3, -0.25) is 0 Å². The fourth-order valence-electron chi connectivity index (χ4n) is 6.27. The molecule has 4 nitrogen and oxygen atoms in total. The number of aliphatic carboxylic acids is 2. The van der Waals surface area contributed by atoms with Gasteiger partial charge >= 0.3 is 23.1 Å². The average molecular weight is 659 g/mol. The van der Waals surface area contributed by atoms with Crippen molar-refractivity contribution < 1.29 is 19.8 Å². The molecule has 0 saturated carbocycles. The molecular weight excluding hydrogens is 593 g/mol. The summed E-state index contributed by atoms with van der Waals surface area (Å²) in [6, 6.07) is 19.0. The molecule has 47 heavy (non-hydrogen) atoms. The Morgan fingerprint density at radius 3 is 0.915 bits per heavy atom. The largest absolute Gasteiger partial charge is 2.00 e. The van der Waals surface area contributed by atoms with Gasteiger partial charge in [0.1, 0.15) is 0 Å². The van der Waals surface area contributed by atoms with Crippen LogP contribution in [0.1, 0.15) is 180 Å². The molecule has 0 aliphatic heterocycles. The minimum absolute atomic E-state index is 0. The van der Waals surface area contributed by atoms with Gasteiger partial charge in [0, 0.05) is 10.8 Å². The van der Waals surface area contributed by atoms with Crippen molar-refractivity contribution in [2.75, 3.05) is 0 Å². The Morgan fingerprint density at radius 2 is 0.681 bits per heavy atom. The number of hydrogen-bond acceptors (Lipinski definition) is 4. The first-order valence-corrected chi connectivity index (χ1v) is 18.8. The minimum Gasteiger partial charge on any atom is -0.549 e. The summed E-state index contributed by atoms with van der Waals surface area (Å²) < 4.78 is 0. The van der Waals surface area contributed by atoms with Gasteiger partial charge in [0.05, 0.1) is 11.9 Å². The predicted octanol–water partition coefficient (Wildman–Crippen LogP) is 9.63. The van der Waals surface area contributed by atoms with Crippen LogP contribution in [0.4, 0.5) is 0 Å². The van der Waals surface area contributed by atoms with Gasteiger partial charge in [-0.2, -0.15) is 0 Å². The Bertz CT molecular complexity index is 944. The molecule has 0 aromatic heterocycles. The number of carbonyl (C=O) groups excluding carboxylic acids is 2. The van der Waals surface area contributed by atoms with Crippen molar-refractivity contribution in [3.8, 4) is 0 Å². The molecule has 0 aliphatic rings. The Morgan fingerprint density at radius 1 is 0.447 bits per heavy atom. The van der Waals surface area contributed by atoms with E-state index >= 15 is 0 Å². The first-order valence-electron chi connectivity index (χ1n) is 18.8. The van der Waals surface area contributed by atoms with Gasteiger partial charge < -0.3 is 19.8 Å². The van der Waals surface area contributed by atoms with Gasteiger partial charge in [0.25, 0.3) is 0 Å². The van der Waals surface area contributed by atoms with Crippen molar-refractivity contribution >= 4 is 35.0 Å². The second kappa shape index (κ2) is 28.0. The SMILES string of the molecule is CCCCCCCCCCCCC(C)(C(=O)[O-])c1ccccc1.CCCCCCCCCCCCC(C)(C(=O)[O-])c1ccccc1.[Mg+2]. The van der Waals surface area contributed by atoms with Gasteiger partial charge in [-0.1, -0.05) is 217 Å². The summed E-state index contributed by atoms with van der Waals surface area (Å²) >= 11 is 0. The van der Waals surface area contributed by atoms with Crippen LogP contribution in [0.15, 0.2) is 60.7 Å². The molecule has 0 spiro atoms. The van der Waals surface area contributed by atoms with E-state index in [-0.39, 0.29) is 23.1 Å². The van der Waals surface area contributed by atoms with Crippen LogP contribution in [-0.2, 0) is 20.4 Å². The third kappa shape index (κ3) is 19.1. The monoisotopic (exact) mass is 658 g/mol. The number of unbranched alkanes of at least 4 members (excludes halogenated alkanes) is 18. The molecule has 260 valence electrons. The number of rotatable bonds is 26. The van der Waals surface area contributed by atoms with Crippen LogP contribution >= 0.6 is 0 Å². The number of carboxylic acid groups (broad SMARTS) is 2. The molecule has 2 atom stereocenters. The van der Waals surface area contributed by atoms with E-state index in [1.165, 1.54) is 103 Å². The van der Waals surface area contributed by atoms with Crippen molar-refractivity contribution in [2.24, 2.45) is 0 Å². The molecule has 0 heterocycles. The van der Waals surface area contributed by atoms with E-state index in [2.05, 4.69) is 13.8 Å². The molecule has 2 rings (SSSR count). The Labute approximate surface area is 305 Å². The second-order valence-corrected chi connectivity index (χ2v) is 13.8. The molecule has 5 heteroatoms. The smallest absolute Gasteiger partial charge is 0.549 e. The summed E-state index contributed by atoms with van der Waals surface area (Å²) in [5.41, 5.74) is -0.00475. The summed E-state index contributed by atoms with van der Waals surface area (Å²) in [4.78, 5) is 23.2. The normalized spacial score (nSPS) is 13.4. The van der Waals surface area contributed by atoms with E-state index in [1.807, 2.05) is 60.7 Å². The molecule has 0 N–H and O–H groups in total. The van der Waals surface area contributed by atoms with Gasteiger partial charge in [0.15, 0.2) is 0 Å². The maximum Gasteiger partial charge on any atom is 2.00 e. The van der Waals surface area contributed by atoms with Crippen LogP contribution in [0.2, 0.25) is 0 Å². The molecule has 0 saturated heterocycles. The zero-order valence-electron chi connectivity index (χ0n) is 30.7. The zero-order chi connectivity index (χ0) is 33.9. The van der Waals surface area contributed by atoms with Crippen molar-refractivity contribution in [1.29, 1.82) is 0 Å². The Balaban J connectivity index is 0.000000882. The van der Waals surface area contributed by atoms with Crippen molar-refractivity contribution in [2.45, 2.75) is 180 Å². The van der Waals surface area contributed by atoms with Crippen molar-refractivity contribution in [3.05, 3.63) is 71.8 Å². The summed E-state index contributed by atoms with van der Waals surface area (Å²) in [6.45, 7) is 8.09. The summed E-state index contributed by atoms with van der Waals surface area (Å²) in [7, 11) is 0. The summed E-state index contributed by atoms with van der Waals surface area (Å²) in [5.74, 6) is -1.92. The zero-order valence-corrected chi connectivity index (χ0v) is 32.1. The topological polar surface area (TPSA) is 80.3 Å². The van der Waals surface area contributed by atoms with E-state index in [4.69, 9.17) is 0 Å². The van der Waals surface area contributed by atoms with E-state index in [9.17, 15) is 19.8 Å². The number of benzene rings is 2. The van der Waals surface area contributed by atoms with E-state index in [0.29, 0.717) is 12.8 Å². The van der Waals surface area contributed by atoms with Crippen LogP contribution in [0.5, 0.6) is 0 Å². The molecule has 0 aliphatic carbocycles. The molecule has 2 aromatic carbocycles. The minimum atomic E-state index is -0.959. The van der Waals surface area contributed by atoms with Gasteiger partial charge in [0.2, 0.25) is 0 Å². The van der Waals surface area contributed by atoms with Crippen molar-refractivity contribution in [3.63, 3.8) is 0 Å². The quantitative estimate of drug-likeness (QED) is 0.0745. The first-order chi connectivity index (χ1) is 22.2. The van der Waals surface area contributed by atoms with Gasteiger partial charge in [-0.15, -0.1) is 0 Å². The number of carboxylic acids is 2. The standard InChI is InChI=1S/2C21H34O2.Mg/c2*1-3-4-5-6-7-8-9-10-11-15-18-21(2,20(22)23)19-16-13-12-14-17-19;/h2*12-14,16-17H,3-11,15,18H2,1-2H3,(H,22,23);/q;;+2/p-2. The Hall–Kier alpha value is -1.85. The molecule has 0 radical (unpaired) electrons. The third-order valence-corrected chi connectivity index (χ3v) is 9.78. The fraction of sp³-hybridized carbons (Fsp3) is 0.667. The molecular formula is C42H66MgO4. The average Bonchev–Trinajstić information content (AvgIpc) is 3.07. The van der Waals surface area contributed by atoms with Crippen LogP contribution in [0, 0.1) is 0 Å². The van der Waals surface area contributed by atoms with Gasteiger partial charge in [-0.05, 0) is 24.0 Å². The molecule has 2 unspecified atom stereocenters. The van der Waals surface area contributed by atoms with Crippen LogP contribution in [0.3, 0.4) is 0 Å². The van der Waals surface area contributed by atoms with Crippen LogP contribution in [-0.4, -0.2) is 35.0 Å².